The van der Waals surface area contributed by atoms with Crippen LogP contribution in [0, 0.1) is 0 Å². The van der Waals surface area contributed by atoms with Crippen molar-refractivity contribution in [3.05, 3.63) is 24.8 Å². The first-order valence-corrected chi connectivity index (χ1v) is 2.66. The topological polar surface area (TPSA) is 90.5 Å². The second kappa shape index (κ2) is 4.91. The van der Waals surface area contributed by atoms with Crippen LogP contribution in [0.2, 0.25) is 0 Å². The molecule has 0 fully saturated rings. The van der Waals surface area contributed by atoms with Gasteiger partial charge in [-0.05, 0) is 10.4 Å². The molecular weight excluding hydrogens is 148 g/mol. The average Bonchev–Trinajstić information content (AvgIpc) is 2.64. The molecule has 0 saturated heterocycles. The molecule has 0 radical (unpaired) electrons. The predicted molar refractivity (Wildman–Crippen MR) is 31.9 cm³/mol. The van der Waals surface area contributed by atoms with E-state index >= 15 is 0 Å². The first-order valence-electron chi connectivity index (χ1n) is 2.66. The Morgan fingerprint density at radius 3 is 1.45 bits per heavy atom. The van der Waals surface area contributed by atoms with Gasteiger partial charge in [0, 0.05) is 0 Å². The van der Waals surface area contributed by atoms with Gasteiger partial charge in [-0.1, -0.05) is 10.3 Å². The highest BCUT2D eigenvalue weighted by Gasteiger charge is 1.62. The Balaban J connectivity index is 0.000000112. The van der Waals surface area contributed by atoms with Crippen molar-refractivity contribution < 1.29 is 4.63 Å². The molecule has 0 aliphatic rings. The van der Waals surface area contributed by atoms with Gasteiger partial charge in [-0.2, -0.15) is 0 Å². The SMILES string of the molecule is c1cnnnn1.c1cnon1. The predicted octanol–water partition coefficient (Wildman–Crippen LogP) is -0.664. The van der Waals surface area contributed by atoms with Gasteiger partial charge >= 0.3 is 0 Å². The van der Waals surface area contributed by atoms with Crippen molar-refractivity contribution in [2.24, 2.45) is 0 Å². The number of aromatic nitrogens is 6. The second-order valence-electron chi connectivity index (χ2n) is 1.30. The van der Waals surface area contributed by atoms with Gasteiger partial charge < -0.3 is 0 Å². The van der Waals surface area contributed by atoms with E-state index in [1.165, 1.54) is 24.8 Å². The zero-order valence-electron chi connectivity index (χ0n) is 5.40. The molecule has 0 spiro atoms. The second-order valence-corrected chi connectivity index (χ2v) is 1.30. The van der Waals surface area contributed by atoms with Gasteiger partial charge in [0.25, 0.3) is 0 Å². The van der Waals surface area contributed by atoms with Gasteiger partial charge in [0.1, 0.15) is 0 Å². The van der Waals surface area contributed by atoms with Crippen LogP contribution in [0.15, 0.2) is 29.4 Å². The van der Waals surface area contributed by atoms with Crippen LogP contribution in [-0.4, -0.2) is 30.9 Å². The van der Waals surface area contributed by atoms with Crippen molar-refractivity contribution in [2.75, 3.05) is 0 Å². The fourth-order valence-electron chi connectivity index (χ4n) is 0.302. The maximum absolute atomic E-state index is 4.08. The van der Waals surface area contributed by atoms with Gasteiger partial charge in [-0.25, -0.2) is 4.63 Å². The molecule has 7 nitrogen and oxygen atoms in total. The van der Waals surface area contributed by atoms with E-state index in [0.29, 0.717) is 0 Å². The summed E-state index contributed by atoms with van der Waals surface area (Å²) in [5.74, 6) is 0. The summed E-state index contributed by atoms with van der Waals surface area (Å²) in [5, 5.41) is 19.5. The molecule has 2 aromatic heterocycles. The van der Waals surface area contributed by atoms with E-state index < -0.39 is 0 Å². The summed E-state index contributed by atoms with van der Waals surface area (Å²) in [4.78, 5) is 0. The Bertz CT molecular complexity index is 200. The van der Waals surface area contributed by atoms with Crippen LogP contribution in [0.5, 0.6) is 0 Å². The van der Waals surface area contributed by atoms with Crippen LogP contribution < -0.4 is 0 Å². The van der Waals surface area contributed by atoms with E-state index in [-0.39, 0.29) is 0 Å². The molecule has 0 aliphatic carbocycles. The van der Waals surface area contributed by atoms with Gasteiger partial charge in [-0.15, -0.1) is 10.2 Å². The van der Waals surface area contributed by atoms with Crippen LogP contribution >= 0.6 is 0 Å². The fraction of sp³-hybridized carbons (Fsp3) is 0. The molecule has 0 amide bonds. The molecule has 0 aromatic carbocycles. The highest BCUT2D eigenvalue weighted by molar-refractivity contribution is 4.53. The molecule has 7 heteroatoms. The molecule has 0 N–H and O–H groups in total. The zero-order valence-corrected chi connectivity index (χ0v) is 5.40. The van der Waals surface area contributed by atoms with Crippen molar-refractivity contribution in [3.8, 4) is 0 Å². The summed E-state index contributed by atoms with van der Waals surface area (Å²) in [6, 6.07) is 0. The highest BCUT2D eigenvalue weighted by Crippen LogP contribution is 1.62. The maximum atomic E-state index is 4.08. The lowest BCUT2D eigenvalue weighted by Gasteiger charge is -1.67. The van der Waals surface area contributed by atoms with Crippen LogP contribution in [-0.2, 0) is 0 Å². The summed E-state index contributed by atoms with van der Waals surface area (Å²) >= 11 is 0. The quantitative estimate of drug-likeness (QED) is 0.494. The van der Waals surface area contributed by atoms with Crippen molar-refractivity contribution in [3.63, 3.8) is 0 Å². The molecule has 0 aliphatic heterocycles. The lowest BCUT2D eigenvalue weighted by atomic mass is 11.0. The van der Waals surface area contributed by atoms with Gasteiger partial charge in [0.2, 0.25) is 0 Å². The summed E-state index contributed by atoms with van der Waals surface area (Å²) in [6.07, 6.45) is 5.88. The largest absolute Gasteiger partial charge is 0.245 e. The van der Waals surface area contributed by atoms with Gasteiger partial charge in [-0.3, -0.25) is 0 Å². The summed E-state index contributed by atoms with van der Waals surface area (Å²) < 4.78 is 4.08. The lowest BCUT2D eigenvalue weighted by molar-refractivity contribution is 0.307. The van der Waals surface area contributed by atoms with Gasteiger partial charge in [0.15, 0.2) is 0 Å². The Morgan fingerprint density at radius 1 is 0.727 bits per heavy atom. The number of rotatable bonds is 0. The minimum Gasteiger partial charge on any atom is -0.245 e. The minimum atomic E-state index is 1.47. The normalized spacial score (nSPS) is 8.00. The third-order valence-electron chi connectivity index (χ3n) is 0.626. The average molecular weight is 152 g/mol. The summed E-state index contributed by atoms with van der Waals surface area (Å²) in [7, 11) is 0. The third kappa shape index (κ3) is 3.62. The zero-order chi connectivity index (χ0) is 7.78. The van der Waals surface area contributed by atoms with E-state index in [0.717, 1.165) is 0 Å². The molecule has 56 valence electrons. The molecule has 2 rings (SSSR count). The van der Waals surface area contributed by atoms with E-state index in [4.69, 9.17) is 0 Å². The highest BCUT2D eigenvalue weighted by atomic mass is 16.6. The summed E-state index contributed by atoms with van der Waals surface area (Å²) in [6.45, 7) is 0. The van der Waals surface area contributed by atoms with Crippen LogP contribution in [0.4, 0.5) is 0 Å². The van der Waals surface area contributed by atoms with E-state index in [1.54, 1.807) is 0 Å². The number of hydrogen-bond acceptors (Lipinski definition) is 7. The molecule has 0 atom stereocenters. The van der Waals surface area contributed by atoms with Crippen molar-refractivity contribution in [1.29, 1.82) is 0 Å². The third-order valence-corrected chi connectivity index (χ3v) is 0.626. The Labute approximate surface area is 61.4 Å². The lowest BCUT2D eigenvalue weighted by Crippen LogP contribution is -1.84. The monoisotopic (exact) mass is 152 g/mol. The minimum absolute atomic E-state index is 1.47. The van der Waals surface area contributed by atoms with Crippen LogP contribution in [0.25, 0.3) is 0 Å². The molecule has 11 heavy (non-hydrogen) atoms. The van der Waals surface area contributed by atoms with E-state index in [2.05, 4.69) is 35.6 Å². The first-order chi connectivity index (χ1) is 5.50. The first kappa shape index (κ1) is 7.19. The van der Waals surface area contributed by atoms with Crippen LogP contribution in [0.3, 0.4) is 0 Å². The molecule has 0 saturated carbocycles. The Hall–Kier alpha value is -1.92. The fourth-order valence-corrected chi connectivity index (χ4v) is 0.302. The number of nitrogens with zero attached hydrogens (tertiary/aromatic N) is 6. The number of hydrogen-bond donors (Lipinski definition) is 0. The molecule has 2 heterocycles. The standard InChI is InChI=1S/C2H2N4.C2H2N2O/c1-2-4-6-5-3-1;1-2-4-5-3-1/h1-2H;1-2H. The molecule has 2 aromatic rings. The Kier molecular flexibility index (Phi) is 3.21. The molecule has 0 unspecified atom stereocenters. The smallest absolute Gasteiger partial charge is 0.0913 e. The molecule has 0 bridgehead atoms. The van der Waals surface area contributed by atoms with Crippen LogP contribution in [0.1, 0.15) is 0 Å². The van der Waals surface area contributed by atoms with E-state index in [1.807, 2.05) is 0 Å². The van der Waals surface area contributed by atoms with Crippen molar-refractivity contribution >= 4 is 0 Å². The van der Waals surface area contributed by atoms with E-state index in [9.17, 15) is 0 Å². The Morgan fingerprint density at radius 2 is 1.27 bits per heavy atom. The maximum Gasteiger partial charge on any atom is 0.0913 e. The van der Waals surface area contributed by atoms with Crippen molar-refractivity contribution in [2.45, 2.75) is 0 Å². The molecular formula is C4H4N6O. The summed E-state index contributed by atoms with van der Waals surface area (Å²) in [5.41, 5.74) is 0. The van der Waals surface area contributed by atoms with Crippen molar-refractivity contribution in [1.82, 2.24) is 30.9 Å². The van der Waals surface area contributed by atoms with Gasteiger partial charge in [0.05, 0.1) is 24.8 Å².